The summed E-state index contributed by atoms with van der Waals surface area (Å²) in [4.78, 5) is 11.0. The van der Waals surface area contributed by atoms with E-state index in [1.165, 1.54) is 18.2 Å². The van der Waals surface area contributed by atoms with Crippen LogP contribution in [0, 0.1) is 17.1 Å². The van der Waals surface area contributed by atoms with E-state index in [-0.39, 0.29) is 23.5 Å². The van der Waals surface area contributed by atoms with Gasteiger partial charge in [0.25, 0.3) is 0 Å². The van der Waals surface area contributed by atoms with Crippen molar-refractivity contribution < 1.29 is 19.0 Å². The van der Waals surface area contributed by atoms with Crippen LogP contribution < -0.4 is 4.74 Å². The number of benzene rings is 2. The van der Waals surface area contributed by atoms with Gasteiger partial charge in [-0.15, -0.1) is 0 Å². The van der Waals surface area contributed by atoms with Gasteiger partial charge in [-0.05, 0) is 18.2 Å². The highest BCUT2D eigenvalue weighted by atomic mass is 19.1. The highest BCUT2D eigenvalue weighted by Crippen LogP contribution is 2.18. The number of hydrogen-bond acceptors (Lipinski definition) is 3. The minimum absolute atomic E-state index is 0.00775. The first-order valence-electron chi connectivity index (χ1n) is 5.75. The van der Waals surface area contributed by atoms with E-state index in [9.17, 15) is 9.18 Å². The third-order valence-electron chi connectivity index (χ3n) is 2.70. The van der Waals surface area contributed by atoms with Crippen LogP contribution in [0.1, 0.15) is 21.5 Å². The Balaban J connectivity index is 2.15. The van der Waals surface area contributed by atoms with Crippen LogP contribution in [0.5, 0.6) is 5.75 Å². The molecule has 0 aliphatic rings. The molecule has 0 unspecified atom stereocenters. The molecule has 2 aromatic rings. The maximum atomic E-state index is 13.4. The lowest BCUT2D eigenvalue weighted by Gasteiger charge is -2.09. The fourth-order valence-electron chi connectivity index (χ4n) is 1.69. The highest BCUT2D eigenvalue weighted by Gasteiger charge is 2.10. The molecule has 0 atom stereocenters. The summed E-state index contributed by atoms with van der Waals surface area (Å²) in [6.07, 6.45) is 0. The minimum atomic E-state index is -1.05. The zero-order chi connectivity index (χ0) is 14.5. The molecule has 100 valence electrons. The molecule has 1 N–H and O–H groups in total. The molecule has 2 aromatic carbocycles. The minimum Gasteiger partial charge on any atom is -0.489 e. The van der Waals surface area contributed by atoms with Crippen LogP contribution in [-0.2, 0) is 6.61 Å². The van der Waals surface area contributed by atoms with Crippen molar-refractivity contribution in [2.75, 3.05) is 0 Å². The molecule has 0 bridgehead atoms. The van der Waals surface area contributed by atoms with E-state index in [2.05, 4.69) is 0 Å². The molecule has 0 aromatic heterocycles. The van der Waals surface area contributed by atoms with Crippen LogP contribution in [0.25, 0.3) is 0 Å². The summed E-state index contributed by atoms with van der Waals surface area (Å²) < 4.78 is 18.7. The smallest absolute Gasteiger partial charge is 0.336 e. The number of aromatic carboxylic acids is 1. The van der Waals surface area contributed by atoms with Gasteiger partial charge in [0.1, 0.15) is 24.2 Å². The second-order valence-electron chi connectivity index (χ2n) is 4.00. The molecular formula is C15H10FNO3. The Kier molecular flexibility index (Phi) is 3.96. The predicted molar refractivity (Wildman–Crippen MR) is 68.8 cm³/mol. The first-order valence-corrected chi connectivity index (χ1v) is 5.75. The molecule has 0 heterocycles. The molecule has 2 rings (SSSR count). The molecule has 0 aliphatic heterocycles. The lowest BCUT2D eigenvalue weighted by molar-refractivity contribution is 0.0694. The van der Waals surface area contributed by atoms with Gasteiger partial charge in [0.2, 0.25) is 0 Å². The maximum absolute atomic E-state index is 13.4. The normalized spacial score (nSPS) is 9.80. The molecule has 0 radical (unpaired) electrons. The standard InChI is InChI=1S/C15H10FNO3/c16-14-7-12(6-5-10(14)8-17)20-9-11-3-1-2-4-13(11)15(18)19/h1-7H,9H2,(H,18,19). The van der Waals surface area contributed by atoms with Crippen molar-refractivity contribution in [3.63, 3.8) is 0 Å². The third kappa shape index (κ3) is 2.93. The topological polar surface area (TPSA) is 70.3 Å². The average molecular weight is 271 g/mol. The number of hydrogen-bond donors (Lipinski definition) is 1. The summed E-state index contributed by atoms with van der Waals surface area (Å²) in [6, 6.07) is 12.0. The Hall–Kier alpha value is -2.87. The van der Waals surface area contributed by atoms with E-state index in [4.69, 9.17) is 15.1 Å². The predicted octanol–water partition coefficient (Wildman–Crippen LogP) is 2.97. The number of nitrogens with zero attached hydrogens (tertiary/aromatic N) is 1. The largest absolute Gasteiger partial charge is 0.489 e. The number of carbonyl (C=O) groups is 1. The molecule has 20 heavy (non-hydrogen) atoms. The van der Waals surface area contributed by atoms with Gasteiger partial charge in [0.15, 0.2) is 0 Å². The van der Waals surface area contributed by atoms with Gasteiger partial charge in [-0.25, -0.2) is 9.18 Å². The summed E-state index contributed by atoms with van der Waals surface area (Å²) in [5.41, 5.74) is 0.565. The fourth-order valence-corrected chi connectivity index (χ4v) is 1.69. The summed E-state index contributed by atoms with van der Waals surface area (Å²) >= 11 is 0. The summed E-state index contributed by atoms with van der Waals surface area (Å²) in [5.74, 6) is -1.48. The Morgan fingerprint density at radius 1 is 1.30 bits per heavy atom. The zero-order valence-electron chi connectivity index (χ0n) is 10.3. The van der Waals surface area contributed by atoms with Gasteiger partial charge in [-0.1, -0.05) is 18.2 Å². The van der Waals surface area contributed by atoms with Crippen molar-refractivity contribution in [2.45, 2.75) is 6.61 Å². The summed E-state index contributed by atoms with van der Waals surface area (Å²) in [6.45, 7) is 0.00775. The van der Waals surface area contributed by atoms with Gasteiger partial charge in [-0.2, -0.15) is 5.26 Å². The third-order valence-corrected chi connectivity index (χ3v) is 2.70. The van der Waals surface area contributed by atoms with E-state index in [0.717, 1.165) is 6.07 Å². The second-order valence-corrected chi connectivity index (χ2v) is 4.00. The monoisotopic (exact) mass is 271 g/mol. The highest BCUT2D eigenvalue weighted by molar-refractivity contribution is 5.89. The van der Waals surface area contributed by atoms with Crippen molar-refractivity contribution in [1.29, 1.82) is 5.26 Å². The van der Waals surface area contributed by atoms with Crippen LogP contribution >= 0.6 is 0 Å². The first kappa shape index (κ1) is 13.6. The number of nitriles is 1. The van der Waals surface area contributed by atoms with Gasteiger partial charge in [0.05, 0.1) is 11.1 Å². The van der Waals surface area contributed by atoms with E-state index in [1.54, 1.807) is 24.3 Å². The number of ether oxygens (including phenoxy) is 1. The molecule has 0 saturated heterocycles. The molecule has 0 aliphatic carbocycles. The van der Waals surface area contributed by atoms with Crippen LogP contribution in [0.4, 0.5) is 4.39 Å². The molecule has 0 spiro atoms. The fraction of sp³-hybridized carbons (Fsp3) is 0.0667. The van der Waals surface area contributed by atoms with E-state index in [0.29, 0.717) is 5.56 Å². The summed E-state index contributed by atoms with van der Waals surface area (Å²) in [7, 11) is 0. The van der Waals surface area contributed by atoms with Crippen LogP contribution in [-0.4, -0.2) is 11.1 Å². The Morgan fingerprint density at radius 2 is 2.05 bits per heavy atom. The van der Waals surface area contributed by atoms with Crippen LogP contribution in [0.3, 0.4) is 0 Å². The van der Waals surface area contributed by atoms with Crippen molar-refractivity contribution in [3.05, 3.63) is 65.0 Å². The van der Waals surface area contributed by atoms with Crippen molar-refractivity contribution >= 4 is 5.97 Å². The molecular weight excluding hydrogens is 261 g/mol. The molecule has 5 heteroatoms. The number of carboxylic acid groups (broad SMARTS) is 1. The Bertz CT molecular complexity index is 692. The van der Waals surface area contributed by atoms with Gasteiger partial charge < -0.3 is 9.84 Å². The van der Waals surface area contributed by atoms with E-state index < -0.39 is 11.8 Å². The van der Waals surface area contributed by atoms with Gasteiger partial charge in [-0.3, -0.25) is 0 Å². The van der Waals surface area contributed by atoms with E-state index in [1.807, 2.05) is 0 Å². The molecule has 0 fully saturated rings. The quantitative estimate of drug-likeness (QED) is 0.928. The molecule has 0 amide bonds. The van der Waals surface area contributed by atoms with Gasteiger partial charge in [0, 0.05) is 11.6 Å². The SMILES string of the molecule is N#Cc1ccc(OCc2ccccc2C(=O)O)cc1F. The van der Waals surface area contributed by atoms with Crippen LogP contribution in [0.2, 0.25) is 0 Å². The van der Waals surface area contributed by atoms with Crippen LogP contribution in [0.15, 0.2) is 42.5 Å². The lowest BCUT2D eigenvalue weighted by Crippen LogP contribution is -2.05. The Labute approximate surface area is 114 Å². The number of halogens is 1. The number of carboxylic acids is 1. The maximum Gasteiger partial charge on any atom is 0.336 e. The second kappa shape index (κ2) is 5.85. The van der Waals surface area contributed by atoms with Gasteiger partial charge >= 0.3 is 5.97 Å². The first-order chi connectivity index (χ1) is 9.61. The average Bonchev–Trinajstić information content (AvgIpc) is 2.45. The molecule has 0 saturated carbocycles. The number of rotatable bonds is 4. The van der Waals surface area contributed by atoms with E-state index >= 15 is 0 Å². The zero-order valence-corrected chi connectivity index (χ0v) is 10.3. The van der Waals surface area contributed by atoms with Crippen molar-refractivity contribution in [2.24, 2.45) is 0 Å². The molecule has 4 nitrogen and oxygen atoms in total. The van der Waals surface area contributed by atoms with Crippen molar-refractivity contribution in [1.82, 2.24) is 0 Å². The lowest BCUT2D eigenvalue weighted by atomic mass is 10.1. The summed E-state index contributed by atoms with van der Waals surface area (Å²) in [5, 5.41) is 17.6. The van der Waals surface area contributed by atoms with Crippen molar-refractivity contribution in [3.8, 4) is 11.8 Å². The Morgan fingerprint density at radius 3 is 2.70 bits per heavy atom.